The number of rotatable bonds is 5. The van der Waals surface area contributed by atoms with Crippen LogP contribution in [0.15, 0.2) is 0 Å². The third-order valence-electron chi connectivity index (χ3n) is 1.44. The molecule has 0 rings (SSSR count). The number of nitrogens with two attached hydrogens (primary N) is 2. The fraction of sp³-hybridized carbons (Fsp3) is 0.667. The number of amides is 1. The zero-order valence-electron chi connectivity index (χ0n) is 7.16. The number of aliphatic hydroxyl groups is 2. The Labute approximate surface area is 79.1 Å². The van der Waals surface area contributed by atoms with Crippen LogP contribution in [0.3, 0.4) is 0 Å². The van der Waals surface area contributed by atoms with Gasteiger partial charge >= 0.3 is 12.1 Å². The van der Waals surface area contributed by atoms with Crippen molar-refractivity contribution in [3.8, 4) is 0 Å². The van der Waals surface area contributed by atoms with Crippen LogP contribution in [0.2, 0.25) is 0 Å². The molecule has 0 aromatic carbocycles. The van der Waals surface area contributed by atoms with Gasteiger partial charge in [-0.1, -0.05) is 0 Å². The van der Waals surface area contributed by atoms with E-state index >= 15 is 0 Å². The van der Waals surface area contributed by atoms with Gasteiger partial charge in [0.2, 0.25) is 0 Å². The summed E-state index contributed by atoms with van der Waals surface area (Å²) in [4.78, 5) is 20.3. The van der Waals surface area contributed by atoms with Crippen LogP contribution >= 0.6 is 0 Å². The number of carboxylic acid groups (broad SMARTS) is 1. The SMILES string of the molecule is NC(=O)OC[C@H](O)[C@@H](O)[C@@H](N)C(=O)O. The second kappa shape index (κ2) is 5.37. The van der Waals surface area contributed by atoms with Crippen molar-refractivity contribution in [2.75, 3.05) is 6.61 Å². The number of aliphatic carboxylic acids is 1. The van der Waals surface area contributed by atoms with Gasteiger partial charge < -0.3 is 31.5 Å². The molecule has 0 saturated carbocycles. The molecule has 0 saturated heterocycles. The van der Waals surface area contributed by atoms with Crippen molar-refractivity contribution in [2.45, 2.75) is 18.2 Å². The summed E-state index contributed by atoms with van der Waals surface area (Å²) >= 11 is 0. The number of aliphatic hydroxyl groups excluding tert-OH is 2. The summed E-state index contributed by atoms with van der Waals surface area (Å²) < 4.78 is 4.14. The summed E-state index contributed by atoms with van der Waals surface area (Å²) in [6.45, 7) is -0.614. The normalized spacial score (nSPS) is 16.8. The molecule has 1 amide bonds. The summed E-state index contributed by atoms with van der Waals surface area (Å²) in [6, 6.07) is -1.65. The molecule has 0 spiro atoms. The first-order chi connectivity index (χ1) is 6.36. The van der Waals surface area contributed by atoms with Gasteiger partial charge in [0.25, 0.3) is 0 Å². The summed E-state index contributed by atoms with van der Waals surface area (Å²) in [5.41, 5.74) is 9.56. The van der Waals surface area contributed by atoms with Crippen LogP contribution in [-0.2, 0) is 9.53 Å². The van der Waals surface area contributed by atoms with Crippen molar-refractivity contribution in [3.05, 3.63) is 0 Å². The first kappa shape index (κ1) is 12.6. The lowest BCUT2D eigenvalue weighted by atomic mass is 10.1. The van der Waals surface area contributed by atoms with Gasteiger partial charge in [-0.25, -0.2) is 4.79 Å². The average molecular weight is 208 g/mol. The first-order valence-corrected chi connectivity index (χ1v) is 3.63. The van der Waals surface area contributed by atoms with Gasteiger partial charge in [0.05, 0.1) is 0 Å². The van der Waals surface area contributed by atoms with Crippen LogP contribution in [0.1, 0.15) is 0 Å². The lowest BCUT2D eigenvalue weighted by Gasteiger charge is -2.20. The molecule has 0 aromatic heterocycles. The number of carbonyl (C=O) groups excluding carboxylic acids is 1. The molecule has 0 aliphatic rings. The Morgan fingerprint density at radius 3 is 2.21 bits per heavy atom. The number of hydrogen-bond acceptors (Lipinski definition) is 6. The Balaban J connectivity index is 4.04. The zero-order valence-corrected chi connectivity index (χ0v) is 7.16. The van der Waals surface area contributed by atoms with Gasteiger partial charge in [-0.15, -0.1) is 0 Å². The molecule has 0 fully saturated rings. The lowest BCUT2D eigenvalue weighted by molar-refractivity contribution is -0.144. The van der Waals surface area contributed by atoms with Crippen LogP contribution in [-0.4, -0.2) is 52.2 Å². The Hall–Kier alpha value is -1.38. The van der Waals surface area contributed by atoms with E-state index in [1.807, 2.05) is 0 Å². The van der Waals surface area contributed by atoms with E-state index in [2.05, 4.69) is 10.5 Å². The van der Waals surface area contributed by atoms with E-state index in [1.165, 1.54) is 0 Å². The van der Waals surface area contributed by atoms with Crippen molar-refractivity contribution >= 4 is 12.1 Å². The Morgan fingerprint density at radius 1 is 1.36 bits per heavy atom. The van der Waals surface area contributed by atoms with Crippen molar-refractivity contribution in [3.63, 3.8) is 0 Å². The maximum atomic E-state index is 10.3. The highest BCUT2D eigenvalue weighted by Crippen LogP contribution is 1.99. The molecule has 0 aliphatic carbocycles. The Bertz CT molecular complexity index is 220. The minimum Gasteiger partial charge on any atom is -0.480 e. The number of ether oxygens (including phenoxy) is 1. The molecule has 7 N–H and O–H groups in total. The van der Waals surface area contributed by atoms with Gasteiger partial charge in [0.1, 0.15) is 24.9 Å². The van der Waals surface area contributed by atoms with Gasteiger partial charge in [-0.05, 0) is 0 Å². The van der Waals surface area contributed by atoms with Gasteiger partial charge in [0.15, 0.2) is 0 Å². The monoisotopic (exact) mass is 208 g/mol. The molecule has 8 heteroatoms. The quantitative estimate of drug-likeness (QED) is 0.327. The number of carboxylic acids is 1. The van der Waals surface area contributed by atoms with E-state index in [-0.39, 0.29) is 0 Å². The summed E-state index contributed by atoms with van der Waals surface area (Å²) in [5.74, 6) is -1.48. The topological polar surface area (TPSA) is 156 Å². The van der Waals surface area contributed by atoms with Crippen LogP contribution in [0.4, 0.5) is 4.79 Å². The van der Waals surface area contributed by atoms with Crippen molar-refractivity contribution in [1.82, 2.24) is 0 Å². The largest absolute Gasteiger partial charge is 0.480 e. The van der Waals surface area contributed by atoms with Gasteiger partial charge in [-0.3, -0.25) is 4.79 Å². The highest BCUT2D eigenvalue weighted by Gasteiger charge is 2.29. The van der Waals surface area contributed by atoms with Crippen LogP contribution in [0.5, 0.6) is 0 Å². The predicted octanol–water partition coefficient (Wildman–Crippen LogP) is -2.78. The molecule has 0 bridgehead atoms. The summed E-state index contributed by atoms with van der Waals surface area (Å²) in [6.07, 6.45) is -4.46. The molecule has 0 unspecified atom stereocenters. The smallest absolute Gasteiger partial charge is 0.404 e. The average Bonchev–Trinajstić information content (AvgIpc) is 2.11. The number of primary amides is 1. The van der Waals surface area contributed by atoms with Crippen molar-refractivity contribution in [1.29, 1.82) is 0 Å². The third-order valence-corrected chi connectivity index (χ3v) is 1.44. The molecule has 14 heavy (non-hydrogen) atoms. The molecule has 8 nitrogen and oxygen atoms in total. The van der Waals surface area contributed by atoms with Gasteiger partial charge in [0, 0.05) is 0 Å². The van der Waals surface area contributed by atoms with E-state index in [0.717, 1.165) is 0 Å². The molecule has 0 aliphatic heterocycles. The van der Waals surface area contributed by atoms with E-state index in [1.54, 1.807) is 0 Å². The molecular formula is C6H12N2O6. The van der Waals surface area contributed by atoms with Crippen LogP contribution in [0.25, 0.3) is 0 Å². The van der Waals surface area contributed by atoms with E-state index in [0.29, 0.717) is 0 Å². The summed E-state index contributed by atoms with van der Waals surface area (Å²) in [7, 11) is 0. The highest BCUT2D eigenvalue weighted by atomic mass is 16.6. The second-order valence-corrected chi connectivity index (χ2v) is 2.55. The van der Waals surface area contributed by atoms with E-state index in [4.69, 9.17) is 21.1 Å². The van der Waals surface area contributed by atoms with E-state index < -0.39 is 36.9 Å². The third kappa shape index (κ3) is 4.03. The number of carbonyl (C=O) groups is 2. The Morgan fingerprint density at radius 2 is 1.86 bits per heavy atom. The predicted molar refractivity (Wildman–Crippen MR) is 43.2 cm³/mol. The molecule has 0 heterocycles. The van der Waals surface area contributed by atoms with Crippen LogP contribution in [0, 0.1) is 0 Å². The van der Waals surface area contributed by atoms with Crippen LogP contribution < -0.4 is 11.5 Å². The number of hydrogen-bond donors (Lipinski definition) is 5. The molecule has 0 aromatic rings. The molecular weight excluding hydrogens is 196 g/mol. The Kier molecular flexibility index (Phi) is 4.84. The standard InChI is InChI=1S/C6H12N2O6/c7-3(5(11)12)4(10)2(9)1-14-6(8)13/h2-4,9-10H,1,7H2,(H2,8,13)(H,11,12)/t2-,3+,4+/m0/s1. The second-order valence-electron chi connectivity index (χ2n) is 2.55. The molecule has 3 atom stereocenters. The van der Waals surface area contributed by atoms with Gasteiger partial charge in [-0.2, -0.15) is 0 Å². The maximum absolute atomic E-state index is 10.3. The van der Waals surface area contributed by atoms with E-state index in [9.17, 15) is 9.59 Å². The minimum atomic E-state index is -1.73. The van der Waals surface area contributed by atoms with Crippen molar-refractivity contribution < 1.29 is 29.6 Å². The molecule has 0 radical (unpaired) electrons. The maximum Gasteiger partial charge on any atom is 0.404 e. The minimum absolute atomic E-state index is 0.614. The zero-order chi connectivity index (χ0) is 11.3. The summed E-state index contributed by atoms with van der Waals surface area (Å²) in [5, 5.41) is 26.5. The highest BCUT2D eigenvalue weighted by molar-refractivity contribution is 5.74. The van der Waals surface area contributed by atoms with Crippen molar-refractivity contribution in [2.24, 2.45) is 11.5 Å². The fourth-order valence-electron chi connectivity index (χ4n) is 0.652. The first-order valence-electron chi connectivity index (χ1n) is 3.63. The lowest BCUT2D eigenvalue weighted by Crippen LogP contribution is -2.49. The fourth-order valence-corrected chi connectivity index (χ4v) is 0.652. The molecule has 82 valence electrons.